The number of hydrogen-bond acceptors (Lipinski definition) is 1. The van der Waals surface area contributed by atoms with Crippen LogP contribution in [0.2, 0.25) is 0 Å². The number of fused-ring (bicyclic) bond motifs is 1. The zero-order valence-corrected chi connectivity index (χ0v) is 8.09. The molecule has 0 radical (unpaired) electrons. The highest BCUT2D eigenvalue weighted by molar-refractivity contribution is 5.19. The maximum Gasteiger partial charge on any atom is 0.0680 e. The highest BCUT2D eigenvalue weighted by Gasteiger charge is 2.21. The third kappa shape index (κ3) is 1.15. The average Bonchev–Trinajstić information content (AvgIpc) is 2.37. The molecule has 0 N–H and O–H groups in total. The van der Waals surface area contributed by atoms with E-state index in [4.69, 9.17) is 0 Å². The van der Waals surface area contributed by atoms with Crippen LogP contribution < -0.4 is 0 Å². The molecule has 66 valence electrons. The van der Waals surface area contributed by atoms with Crippen molar-refractivity contribution in [3.8, 4) is 0 Å². The van der Waals surface area contributed by atoms with Crippen molar-refractivity contribution in [2.75, 3.05) is 0 Å². The number of aryl methyl sites for hydroxylation is 2. The predicted molar refractivity (Wildman–Crippen MR) is 49.2 cm³/mol. The lowest BCUT2D eigenvalue weighted by Gasteiger charge is -2.14. The summed E-state index contributed by atoms with van der Waals surface area (Å²) in [4.78, 5) is 0. The lowest BCUT2D eigenvalue weighted by atomic mass is 9.92. The summed E-state index contributed by atoms with van der Waals surface area (Å²) in [5, 5.41) is 4.58. The quantitative estimate of drug-likeness (QED) is 0.574. The molecule has 0 amide bonds. The molecule has 2 heteroatoms. The molecule has 1 aromatic heterocycles. The number of nitrogens with zero attached hydrogens (tertiary/aromatic N) is 2. The fourth-order valence-corrected chi connectivity index (χ4v) is 1.63. The van der Waals surface area contributed by atoms with E-state index in [1.54, 1.807) is 0 Å². The van der Waals surface area contributed by atoms with Gasteiger partial charge in [0.1, 0.15) is 0 Å². The predicted octanol–water partition coefficient (Wildman–Crippen LogP) is 2.13. The van der Waals surface area contributed by atoms with Gasteiger partial charge in [0.25, 0.3) is 0 Å². The summed E-state index contributed by atoms with van der Waals surface area (Å²) in [6.45, 7) is 7.76. The number of aromatic nitrogens is 2. The van der Waals surface area contributed by atoms with Gasteiger partial charge < -0.3 is 0 Å². The highest BCUT2D eigenvalue weighted by Crippen LogP contribution is 2.24. The molecule has 0 spiro atoms. The molecule has 0 aliphatic carbocycles. The Bertz CT molecular complexity index is 270. The standard InChI is InChI=1S/C10H16N2/c1-10(2,3)9-7-8-5-4-6-12(8)11-9/h7H,4-6H2,1-3H3. The topological polar surface area (TPSA) is 17.8 Å². The molecule has 0 fully saturated rings. The van der Waals surface area contributed by atoms with Crippen LogP contribution in [-0.4, -0.2) is 9.78 Å². The van der Waals surface area contributed by atoms with Crippen LogP contribution in [0.4, 0.5) is 0 Å². The summed E-state index contributed by atoms with van der Waals surface area (Å²) >= 11 is 0. The van der Waals surface area contributed by atoms with Crippen molar-refractivity contribution in [2.24, 2.45) is 0 Å². The summed E-state index contributed by atoms with van der Waals surface area (Å²) in [5.74, 6) is 0. The minimum atomic E-state index is 0.206. The first kappa shape index (κ1) is 7.84. The molecule has 0 saturated carbocycles. The van der Waals surface area contributed by atoms with Crippen LogP contribution in [0.5, 0.6) is 0 Å². The first-order valence-corrected chi connectivity index (χ1v) is 4.64. The van der Waals surface area contributed by atoms with Crippen LogP contribution in [0.25, 0.3) is 0 Å². The molecule has 0 atom stereocenters. The minimum absolute atomic E-state index is 0.206. The van der Waals surface area contributed by atoms with E-state index in [2.05, 4.69) is 36.6 Å². The van der Waals surface area contributed by atoms with Gasteiger partial charge in [-0.3, -0.25) is 4.68 Å². The summed E-state index contributed by atoms with van der Waals surface area (Å²) in [6, 6.07) is 2.26. The minimum Gasteiger partial charge on any atom is -0.269 e. The van der Waals surface area contributed by atoms with Crippen LogP contribution in [0.15, 0.2) is 6.07 Å². The Labute approximate surface area is 73.6 Å². The average molecular weight is 164 g/mol. The van der Waals surface area contributed by atoms with Gasteiger partial charge >= 0.3 is 0 Å². The zero-order chi connectivity index (χ0) is 8.77. The summed E-state index contributed by atoms with van der Waals surface area (Å²) in [5.41, 5.74) is 2.86. The van der Waals surface area contributed by atoms with Crippen LogP contribution in [-0.2, 0) is 18.4 Å². The molecule has 2 rings (SSSR count). The normalized spacial score (nSPS) is 16.6. The molecule has 2 heterocycles. The summed E-state index contributed by atoms with van der Waals surface area (Å²) < 4.78 is 2.15. The summed E-state index contributed by atoms with van der Waals surface area (Å²) in [7, 11) is 0. The van der Waals surface area contributed by atoms with E-state index >= 15 is 0 Å². The second kappa shape index (κ2) is 2.35. The first-order chi connectivity index (χ1) is 5.57. The smallest absolute Gasteiger partial charge is 0.0680 e. The van der Waals surface area contributed by atoms with E-state index in [9.17, 15) is 0 Å². The Balaban J connectivity index is 2.38. The van der Waals surface area contributed by atoms with E-state index in [1.165, 1.54) is 24.2 Å². The van der Waals surface area contributed by atoms with Crippen molar-refractivity contribution >= 4 is 0 Å². The van der Waals surface area contributed by atoms with Gasteiger partial charge in [-0.2, -0.15) is 5.10 Å². The van der Waals surface area contributed by atoms with Gasteiger partial charge in [-0.1, -0.05) is 20.8 Å². The van der Waals surface area contributed by atoms with Gasteiger partial charge in [-0.25, -0.2) is 0 Å². The molecule has 0 unspecified atom stereocenters. The zero-order valence-electron chi connectivity index (χ0n) is 8.09. The molecule has 0 saturated heterocycles. The number of hydrogen-bond donors (Lipinski definition) is 0. The second-order valence-corrected chi connectivity index (χ2v) is 4.60. The Kier molecular flexibility index (Phi) is 1.53. The van der Waals surface area contributed by atoms with E-state index in [0.717, 1.165) is 6.54 Å². The van der Waals surface area contributed by atoms with Crippen molar-refractivity contribution in [1.82, 2.24) is 9.78 Å². The van der Waals surface area contributed by atoms with Gasteiger partial charge in [0, 0.05) is 17.7 Å². The Hall–Kier alpha value is -0.790. The van der Waals surface area contributed by atoms with Gasteiger partial charge in [0.15, 0.2) is 0 Å². The first-order valence-electron chi connectivity index (χ1n) is 4.64. The molecule has 2 nitrogen and oxygen atoms in total. The molecule has 0 bridgehead atoms. The van der Waals surface area contributed by atoms with E-state index in [0.29, 0.717) is 0 Å². The molecule has 1 aromatic rings. The second-order valence-electron chi connectivity index (χ2n) is 4.60. The Morgan fingerprint density at radius 2 is 2.17 bits per heavy atom. The third-order valence-electron chi connectivity index (χ3n) is 2.43. The van der Waals surface area contributed by atoms with Crippen molar-refractivity contribution in [3.63, 3.8) is 0 Å². The lowest BCUT2D eigenvalue weighted by molar-refractivity contribution is 0.539. The van der Waals surface area contributed by atoms with Gasteiger partial charge in [0.2, 0.25) is 0 Å². The van der Waals surface area contributed by atoms with Crippen LogP contribution in [0.3, 0.4) is 0 Å². The third-order valence-corrected chi connectivity index (χ3v) is 2.43. The highest BCUT2D eigenvalue weighted by atomic mass is 15.3. The van der Waals surface area contributed by atoms with Crippen molar-refractivity contribution in [3.05, 3.63) is 17.5 Å². The molecule has 1 aliphatic heterocycles. The molecule has 12 heavy (non-hydrogen) atoms. The fourth-order valence-electron chi connectivity index (χ4n) is 1.63. The maximum absolute atomic E-state index is 4.58. The number of rotatable bonds is 0. The van der Waals surface area contributed by atoms with Crippen LogP contribution >= 0.6 is 0 Å². The van der Waals surface area contributed by atoms with Gasteiger partial charge in [-0.05, 0) is 18.9 Å². The maximum atomic E-state index is 4.58. The van der Waals surface area contributed by atoms with Crippen LogP contribution in [0.1, 0.15) is 38.6 Å². The van der Waals surface area contributed by atoms with E-state index < -0.39 is 0 Å². The molecule has 0 aromatic carbocycles. The monoisotopic (exact) mass is 164 g/mol. The van der Waals surface area contributed by atoms with Gasteiger partial charge in [-0.15, -0.1) is 0 Å². The van der Waals surface area contributed by atoms with Crippen molar-refractivity contribution in [2.45, 2.75) is 45.6 Å². The SMILES string of the molecule is CC(C)(C)c1cc2n(n1)CCC2. The fraction of sp³-hybridized carbons (Fsp3) is 0.700. The van der Waals surface area contributed by atoms with Crippen molar-refractivity contribution in [1.29, 1.82) is 0 Å². The van der Waals surface area contributed by atoms with Crippen LogP contribution in [0, 0.1) is 0 Å². The van der Waals surface area contributed by atoms with E-state index in [-0.39, 0.29) is 5.41 Å². The Morgan fingerprint density at radius 3 is 2.75 bits per heavy atom. The molecular formula is C10H16N2. The van der Waals surface area contributed by atoms with E-state index in [1.807, 2.05) is 0 Å². The Morgan fingerprint density at radius 1 is 1.42 bits per heavy atom. The van der Waals surface area contributed by atoms with Gasteiger partial charge in [0.05, 0.1) is 5.69 Å². The largest absolute Gasteiger partial charge is 0.269 e. The molecule has 1 aliphatic rings. The molecular weight excluding hydrogens is 148 g/mol. The summed E-state index contributed by atoms with van der Waals surface area (Å²) in [6.07, 6.45) is 2.48. The lowest BCUT2D eigenvalue weighted by Crippen LogP contribution is -2.12. The van der Waals surface area contributed by atoms with Crippen molar-refractivity contribution < 1.29 is 0 Å².